The summed E-state index contributed by atoms with van der Waals surface area (Å²) in [6.45, 7) is 1.70. The zero-order valence-corrected chi connectivity index (χ0v) is 16.6. The van der Waals surface area contributed by atoms with Crippen LogP contribution in [0, 0.1) is 0 Å². The van der Waals surface area contributed by atoms with E-state index in [1.165, 1.54) is 6.07 Å². The summed E-state index contributed by atoms with van der Waals surface area (Å²) in [5.74, 6) is 1.07. The average Bonchev–Trinajstić information content (AvgIpc) is 2.78. The molecule has 0 fully saturated rings. The minimum absolute atomic E-state index is 0.121. The summed E-state index contributed by atoms with van der Waals surface area (Å²) in [5.41, 5.74) is 2.14. The number of ketones is 1. The Morgan fingerprint density at radius 2 is 1.60 bits per heavy atom. The molecular formula is C25H20O5. The van der Waals surface area contributed by atoms with Gasteiger partial charge in [-0.2, -0.15) is 0 Å². The van der Waals surface area contributed by atoms with Crippen molar-refractivity contribution in [1.29, 1.82) is 0 Å². The van der Waals surface area contributed by atoms with Gasteiger partial charge in [-0.25, -0.2) is 4.79 Å². The van der Waals surface area contributed by atoms with Crippen molar-refractivity contribution in [3.63, 3.8) is 0 Å². The minimum atomic E-state index is -0.679. The molecule has 3 aromatic carbocycles. The molecular weight excluding hydrogens is 380 g/mol. The lowest BCUT2D eigenvalue weighted by Gasteiger charge is -2.14. The average molecular weight is 400 g/mol. The highest BCUT2D eigenvalue weighted by Crippen LogP contribution is 2.31. The molecule has 5 heteroatoms. The molecule has 0 N–H and O–H groups in total. The van der Waals surface area contributed by atoms with Crippen molar-refractivity contribution >= 4 is 16.8 Å². The monoisotopic (exact) mass is 400 g/mol. The van der Waals surface area contributed by atoms with Gasteiger partial charge < -0.3 is 13.9 Å². The summed E-state index contributed by atoms with van der Waals surface area (Å²) in [6, 6.07) is 23.1. The van der Waals surface area contributed by atoms with E-state index in [-0.39, 0.29) is 5.78 Å². The fourth-order valence-electron chi connectivity index (χ4n) is 3.32. The van der Waals surface area contributed by atoms with E-state index in [0.717, 1.165) is 22.3 Å². The number of benzene rings is 3. The zero-order chi connectivity index (χ0) is 21.1. The van der Waals surface area contributed by atoms with Crippen LogP contribution in [0.25, 0.3) is 22.1 Å². The molecule has 0 aliphatic rings. The van der Waals surface area contributed by atoms with Crippen LogP contribution in [0.4, 0.5) is 0 Å². The smallest absolute Gasteiger partial charge is 0.336 e. The molecule has 1 aromatic heterocycles. The maximum Gasteiger partial charge on any atom is 0.336 e. The SMILES string of the molecule is COc1ccc(-c2cc(=O)oc3cc(OC(C)C(=O)c4ccccc4)ccc23)cc1. The third-order valence-electron chi connectivity index (χ3n) is 4.86. The summed E-state index contributed by atoms with van der Waals surface area (Å²) in [5, 5.41) is 0.772. The highest BCUT2D eigenvalue weighted by Gasteiger charge is 2.17. The molecule has 0 aliphatic carbocycles. The van der Waals surface area contributed by atoms with Gasteiger partial charge in [-0.15, -0.1) is 0 Å². The van der Waals surface area contributed by atoms with Crippen molar-refractivity contribution in [3.8, 4) is 22.6 Å². The van der Waals surface area contributed by atoms with Gasteiger partial charge in [-0.3, -0.25) is 4.79 Å². The lowest BCUT2D eigenvalue weighted by molar-refractivity contribution is 0.0818. The van der Waals surface area contributed by atoms with Crippen molar-refractivity contribution in [2.24, 2.45) is 0 Å². The molecule has 1 unspecified atom stereocenters. The normalized spacial score (nSPS) is 11.8. The van der Waals surface area contributed by atoms with Gasteiger partial charge in [-0.1, -0.05) is 42.5 Å². The first kappa shape index (κ1) is 19.5. The van der Waals surface area contributed by atoms with E-state index in [2.05, 4.69) is 0 Å². The molecule has 0 radical (unpaired) electrons. The van der Waals surface area contributed by atoms with Gasteiger partial charge in [-0.05, 0) is 42.3 Å². The van der Waals surface area contributed by atoms with Crippen LogP contribution in [-0.2, 0) is 0 Å². The Morgan fingerprint density at radius 3 is 2.30 bits per heavy atom. The summed E-state index contributed by atoms with van der Waals surface area (Å²) in [6.07, 6.45) is -0.679. The second-order valence-corrected chi connectivity index (χ2v) is 6.86. The van der Waals surface area contributed by atoms with Crippen LogP contribution in [0.15, 0.2) is 88.1 Å². The maximum atomic E-state index is 12.5. The Balaban J connectivity index is 1.66. The van der Waals surface area contributed by atoms with Crippen LogP contribution in [0.5, 0.6) is 11.5 Å². The van der Waals surface area contributed by atoms with Crippen molar-refractivity contribution in [2.45, 2.75) is 13.0 Å². The fourth-order valence-corrected chi connectivity index (χ4v) is 3.32. The largest absolute Gasteiger partial charge is 0.497 e. The number of carbonyl (C=O) groups is 1. The number of hydrogen-bond acceptors (Lipinski definition) is 5. The molecule has 1 atom stereocenters. The molecule has 0 amide bonds. The number of ether oxygens (including phenoxy) is 2. The Bertz CT molecular complexity index is 1240. The Morgan fingerprint density at radius 1 is 0.900 bits per heavy atom. The topological polar surface area (TPSA) is 65.7 Å². The Kier molecular flexibility index (Phi) is 5.35. The predicted molar refractivity (Wildman–Crippen MR) is 115 cm³/mol. The first-order valence-corrected chi connectivity index (χ1v) is 9.53. The molecule has 0 saturated carbocycles. The van der Waals surface area contributed by atoms with E-state index in [9.17, 15) is 9.59 Å². The Hall–Kier alpha value is -3.86. The molecule has 0 spiro atoms. The molecule has 4 aromatic rings. The van der Waals surface area contributed by atoms with Crippen molar-refractivity contribution in [2.75, 3.05) is 7.11 Å². The number of carbonyl (C=O) groups excluding carboxylic acids is 1. The summed E-state index contributed by atoms with van der Waals surface area (Å²) in [7, 11) is 1.60. The maximum absolute atomic E-state index is 12.5. The van der Waals surface area contributed by atoms with Gasteiger partial charge in [0.25, 0.3) is 0 Å². The van der Waals surface area contributed by atoms with E-state index < -0.39 is 11.7 Å². The third kappa shape index (κ3) is 3.96. The summed E-state index contributed by atoms with van der Waals surface area (Å²) < 4.78 is 16.4. The molecule has 5 nitrogen and oxygen atoms in total. The second-order valence-electron chi connectivity index (χ2n) is 6.86. The first-order valence-electron chi connectivity index (χ1n) is 9.53. The zero-order valence-electron chi connectivity index (χ0n) is 16.6. The van der Waals surface area contributed by atoms with Gasteiger partial charge in [0.1, 0.15) is 17.1 Å². The number of rotatable bonds is 6. The van der Waals surface area contributed by atoms with Gasteiger partial charge in [0.2, 0.25) is 5.78 Å². The first-order chi connectivity index (χ1) is 14.5. The standard InChI is InChI=1S/C25H20O5/c1-16(25(27)18-6-4-3-5-7-18)29-20-12-13-21-22(15-24(26)30-23(21)14-20)17-8-10-19(28-2)11-9-17/h3-16H,1-2H3. The van der Waals surface area contributed by atoms with E-state index in [4.69, 9.17) is 13.9 Å². The minimum Gasteiger partial charge on any atom is -0.497 e. The molecule has 30 heavy (non-hydrogen) atoms. The predicted octanol–water partition coefficient (Wildman–Crippen LogP) is 5.12. The number of hydrogen-bond donors (Lipinski definition) is 0. The number of fused-ring (bicyclic) bond motifs is 1. The Labute approximate surface area is 173 Å². The quantitative estimate of drug-likeness (QED) is 0.332. The van der Waals surface area contributed by atoms with E-state index in [1.54, 1.807) is 38.3 Å². The number of methoxy groups -OCH3 is 1. The second kappa shape index (κ2) is 8.25. The van der Waals surface area contributed by atoms with Gasteiger partial charge in [0, 0.05) is 23.1 Å². The van der Waals surface area contributed by atoms with Crippen LogP contribution < -0.4 is 15.1 Å². The van der Waals surface area contributed by atoms with Crippen LogP contribution >= 0.6 is 0 Å². The van der Waals surface area contributed by atoms with Crippen molar-refractivity contribution in [3.05, 3.63) is 94.8 Å². The lowest BCUT2D eigenvalue weighted by Crippen LogP contribution is -2.23. The van der Waals surface area contributed by atoms with Crippen LogP contribution in [0.2, 0.25) is 0 Å². The lowest BCUT2D eigenvalue weighted by atomic mass is 10.0. The molecule has 0 bridgehead atoms. The molecule has 1 heterocycles. The molecule has 150 valence electrons. The van der Waals surface area contributed by atoms with E-state index >= 15 is 0 Å². The van der Waals surface area contributed by atoms with Crippen molar-refractivity contribution in [1.82, 2.24) is 0 Å². The molecule has 4 rings (SSSR count). The summed E-state index contributed by atoms with van der Waals surface area (Å²) >= 11 is 0. The van der Waals surface area contributed by atoms with E-state index in [1.807, 2.05) is 48.5 Å². The van der Waals surface area contributed by atoms with Crippen LogP contribution in [0.3, 0.4) is 0 Å². The third-order valence-corrected chi connectivity index (χ3v) is 4.86. The van der Waals surface area contributed by atoms with Crippen LogP contribution in [0.1, 0.15) is 17.3 Å². The van der Waals surface area contributed by atoms with Gasteiger partial charge in [0.15, 0.2) is 6.10 Å². The van der Waals surface area contributed by atoms with Gasteiger partial charge in [0.05, 0.1) is 7.11 Å². The van der Waals surface area contributed by atoms with Crippen LogP contribution in [-0.4, -0.2) is 19.0 Å². The highest BCUT2D eigenvalue weighted by atomic mass is 16.5. The van der Waals surface area contributed by atoms with E-state index in [0.29, 0.717) is 16.9 Å². The highest BCUT2D eigenvalue weighted by molar-refractivity contribution is 5.99. The molecule has 0 saturated heterocycles. The van der Waals surface area contributed by atoms with Crippen molar-refractivity contribution < 1.29 is 18.7 Å². The fraction of sp³-hybridized carbons (Fsp3) is 0.120. The number of Topliss-reactive ketones (excluding diaryl/α,β-unsaturated/α-hetero) is 1. The summed E-state index contributed by atoms with van der Waals surface area (Å²) in [4.78, 5) is 24.7. The molecule has 0 aliphatic heterocycles. The van der Waals surface area contributed by atoms with Gasteiger partial charge >= 0.3 is 5.63 Å².